The van der Waals surface area contributed by atoms with Gasteiger partial charge in [0.1, 0.15) is 22.4 Å². The maximum Gasteiger partial charge on any atom is 0.498 e. The van der Waals surface area contributed by atoms with Crippen molar-refractivity contribution in [2.75, 3.05) is 105 Å². The van der Waals surface area contributed by atoms with Crippen LogP contribution in [0.5, 0.6) is 17.2 Å². The predicted octanol–water partition coefficient (Wildman–Crippen LogP) is 9.09. The molecule has 0 atom stereocenters. The Kier molecular flexibility index (Phi) is 25.6. The fourth-order valence-corrected chi connectivity index (χ4v) is 9.39. The number of ether oxygens (including phenoxy) is 5. The van der Waals surface area contributed by atoms with Crippen LogP contribution in [0.2, 0.25) is 15.7 Å². The van der Waals surface area contributed by atoms with Gasteiger partial charge in [-0.3, -0.25) is 9.80 Å². The largest absolute Gasteiger partial charge is 0.498 e. The minimum atomic E-state index is -0.399. The molecule has 0 aliphatic carbocycles. The van der Waals surface area contributed by atoms with Crippen molar-refractivity contribution in [1.82, 2.24) is 69.0 Å². The van der Waals surface area contributed by atoms with Crippen LogP contribution >= 0.6 is 34.8 Å². The minimum Gasteiger partial charge on any atom is -0.497 e. The molecule has 0 unspecified atom stereocenters. The molecule has 0 bridgehead atoms. The van der Waals surface area contributed by atoms with Crippen molar-refractivity contribution in [3.05, 3.63) is 162 Å². The normalized spacial score (nSPS) is 15.2. The van der Waals surface area contributed by atoms with Gasteiger partial charge in [-0.1, -0.05) is 29.8 Å². The van der Waals surface area contributed by atoms with Crippen LogP contribution in [-0.2, 0) is 18.8 Å². The van der Waals surface area contributed by atoms with Gasteiger partial charge in [-0.05, 0) is 138 Å². The van der Waals surface area contributed by atoms with Gasteiger partial charge >= 0.3 is 7.12 Å². The summed E-state index contributed by atoms with van der Waals surface area (Å²) >= 11 is 16.5. The fourth-order valence-electron chi connectivity index (χ4n) is 8.91. The molecule has 3 N–H and O–H groups in total. The number of aromatic nitrogens is 12. The van der Waals surface area contributed by atoms with Gasteiger partial charge in [0.2, 0.25) is 16.5 Å². The standard InChI is InChI=1S/C21H26N6O2.C16H21BN2O3.C14H11ClN4O.C7H16N2O.C4H2Cl2N2/c1-28-19-5-2-4-18(14-19)27-16-17(15-24-27)20-6-8-23-21(25-20)22-7-3-9-26-10-12-29-13-11-26;1-15(2)16(3,4)22-17(21-15)12-10-18-19(11-12)13-7-6-8-14(9-13)20-5;1-20-12-4-2-3-11(7-12)19-9-10(8-17-19)13-5-6-16-14(15)18-13;8-2-1-3-9-4-6-10-7-5-9;5-3-1-2-7-4(6)8-3/h2,4-6,8,14-16H,3,7,9-13H2,1H3,(H,22,23,25);6-11H,1-5H3;2-9H,1H3;1-8H2;1-2H. The predicted molar refractivity (Wildman–Crippen MR) is 346 cm³/mol. The van der Waals surface area contributed by atoms with E-state index in [-0.39, 0.29) is 21.8 Å². The van der Waals surface area contributed by atoms with E-state index in [0.717, 1.165) is 154 Å². The highest BCUT2D eigenvalue weighted by Crippen LogP contribution is 2.36. The third-order valence-corrected chi connectivity index (χ3v) is 15.1. The molecule has 0 radical (unpaired) electrons. The van der Waals surface area contributed by atoms with Crippen LogP contribution in [0.1, 0.15) is 40.5 Å². The lowest BCUT2D eigenvalue weighted by Crippen LogP contribution is -2.41. The van der Waals surface area contributed by atoms with Crippen LogP contribution in [0.15, 0.2) is 147 Å². The molecule has 3 fully saturated rings. The number of hydrogen-bond donors (Lipinski definition) is 2. The highest BCUT2D eigenvalue weighted by Gasteiger charge is 2.52. The van der Waals surface area contributed by atoms with Crippen molar-refractivity contribution in [2.24, 2.45) is 5.73 Å². The maximum atomic E-state index is 6.04. The Balaban J connectivity index is 0.000000153. The molecule has 0 amide bonds. The highest BCUT2D eigenvalue weighted by atomic mass is 35.5. The Morgan fingerprint density at radius 3 is 1.46 bits per heavy atom. The zero-order valence-corrected chi connectivity index (χ0v) is 53.4. The second-order valence-electron chi connectivity index (χ2n) is 21.2. The van der Waals surface area contributed by atoms with Crippen LogP contribution in [0.4, 0.5) is 5.95 Å². The summed E-state index contributed by atoms with van der Waals surface area (Å²) in [6.07, 6.45) is 18.1. The maximum absolute atomic E-state index is 6.04. The van der Waals surface area contributed by atoms with Crippen LogP contribution in [0.25, 0.3) is 39.6 Å². The van der Waals surface area contributed by atoms with Gasteiger partial charge in [0.05, 0.1) is 99.8 Å². The minimum absolute atomic E-state index is 0.178. The van der Waals surface area contributed by atoms with E-state index in [1.54, 1.807) is 67.6 Å². The number of anilines is 1. The summed E-state index contributed by atoms with van der Waals surface area (Å²) in [5.41, 5.74) is 11.8. The summed E-state index contributed by atoms with van der Waals surface area (Å²) in [5.74, 6) is 3.01. The molecule has 0 spiro atoms. The van der Waals surface area contributed by atoms with Gasteiger partial charge in [0.15, 0.2) is 0 Å². The van der Waals surface area contributed by atoms with E-state index in [1.165, 1.54) is 6.20 Å². The number of morpholine rings is 2. The lowest BCUT2D eigenvalue weighted by molar-refractivity contribution is 0.00578. The van der Waals surface area contributed by atoms with Crippen molar-refractivity contribution in [3.8, 4) is 56.8 Å². The molecule has 9 heterocycles. The van der Waals surface area contributed by atoms with E-state index in [4.69, 9.17) is 73.5 Å². The Morgan fingerprint density at radius 2 is 1.00 bits per heavy atom. The van der Waals surface area contributed by atoms with E-state index < -0.39 is 7.12 Å². The van der Waals surface area contributed by atoms with Gasteiger partial charge in [-0.15, -0.1) is 0 Å². The number of nitrogens with one attached hydrogen (secondary N) is 1. The van der Waals surface area contributed by atoms with E-state index in [0.29, 0.717) is 11.1 Å². The second-order valence-corrected chi connectivity index (χ2v) is 22.3. The molecule has 3 aliphatic heterocycles. The first-order chi connectivity index (χ1) is 43.1. The molecule has 12 rings (SSSR count). The number of methoxy groups -OCH3 is 3. The average molecular weight is 1270 g/mol. The summed E-state index contributed by atoms with van der Waals surface area (Å²) in [4.78, 5) is 29.0. The van der Waals surface area contributed by atoms with Gasteiger partial charge < -0.3 is 44.0 Å². The molecule has 3 aliphatic rings. The van der Waals surface area contributed by atoms with E-state index in [2.05, 4.69) is 60.3 Å². The molecule has 89 heavy (non-hydrogen) atoms. The molecule has 27 heteroatoms. The van der Waals surface area contributed by atoms with Crippen LogP contribution < -0.4 is 30.7 Å². The zero-order valence-electron chi connectivity index (χ0n) is 51.2. The quantitative estimate of drug-likeness (QED) is 0.0374. The molecule has 3 saturated heterocycles. The van der Waals surface area contributed by atoms with Crippen molar-refractivity contribution >= 4 is 53.3 Å². The fraction of sp³-hybridized carbons (Fsp3) is 0.371. The summed E-state index contributed by atoms with van der Waals surface area (Å²) in [6, 6.07) is 28.4. The molecule has 0 saturated carbocycles. The topological polar surface area (TPSA) is 240 Å². The second kappa shape index (κ2) is 33.8. The number of hydrogen-bond acceptors (Lipinski definition) is 20. The SMILES string of the molecule is COc1cccc(-n2cc(-c3ccnc(Cl)n3)cn2)c1.COc1cccc(-n2cc(-c3ccnc(NCCCN4CCOCC4)n3)cn2)c1.COc1cccc(-n2cc(B3OC(C)(C)C(C)(C)O3)cn2)c1.Clc1ccnc(Cl)n1.NCCCN1CCOCC1. The molecule has 9 aromatic rings. The van der Waals surface area contributed by atoms with Crippen molar-refractivity contribution in [2.45, 2.75) is 51.7 Å². The molecule has 3 aromatic carbocycles. The number of nitrogens with zero attached hydrogens (tertiary/aromatic N) is 14. The van der Waals surface area contributed by atoms with Gasteiger partial charge in [0, 0.05) is 111 Å². The van der Waals surface area contributed by atoms with Crippen LogP contribution in [-0.4, -0.2) is 187 Å². The third kappa shape index (κ3) is 20.5. The van der Waals surface area contributed by atoms with Crippen molar-refractivity contribution < 1.29 is 33.0 Å². The smallest absolute Gasteiger partial charge is 0.497 e. The van der Waals surface area contributed by atoms with E-state index >= 15 is 0 Å². The highest BCUT2D eigenvalue weighted by molar-refractivity contribution is 6.62. The molecule has 470 valence electrons. The average Bonchev–Trinajstić information content (AvgIpc) is 2.87. The van der Waals surface area contributed by atoms with Gasteiger partial charge in [-0.2, -0.15) is 15.3 Å². The molecular weight excluding hydrogens is 1200 g/mol. The number of rotatable bonds is 17. The molecular formula is C62H76BCl3N16O7. The number of nitrogens with two attached hydrogens (primary N) is 1. The molecule has 6 aromatic heterocycles. The Hall–Kier alpha value is -7.62. The summed E-state index contributed by atoms with van der Waals surface area (Å²) < 4.78 is 43.8. The first-order valence-electron chi connectivity index (χ1n) is 29.1. The van der Waals surface area contributed by atoms with Gasteiger partial charge in [-0.25, -0.2) is 43.9 Å². The monoisotopic (exact) mass is 1270 g/mol. The van der Waals surface area contributed by atoms with E-state index in [1.807, 2.05) is 136 Å². The Labute approximate surface area is 534 Å². The molecule has 23 nitrogen and oxygen atoms in total. The first kappa shape index (κ1) is 67.3. The van der Waals surface area contributed by atoms with Crippen molar-refractivity contribution in [1.29, 1.82) is 0 Å². The van der Waals surface area contributed by atoms with Crippen LogP contribution in [0, 0.1) is 0 Å². The summed E-state index contributed by atoms with van der Waals surface area (Å²) in [7, 11) is 4.54. The van der Waals surface area contributed by atoms with Crippen LogP contribution in [0.3, 0.4) is 0 Å². The van der Waals surface area contributed by atoms with E-state index in [9.17, 15) is 0 Å². The summed E-state index contributed by atoms with van der Waals surface area (Å²) in [6.45, 7) is 19.7. The lowest BCUT2D eigenvalue weighted by Gasteiger charge is -2.32. The van der Waals surface area contributed by atoms with Gasteiger partial charge in [0.25, 0.3) is 0 Å². The lowest BCUT2D eigenvalue weighted by atomic mass is 9.82. The van der Waals surface area contributed by atoms with Crippen molar-refractivity contribution in [3.63, 3.8) is 0 Å². The Morgan fingerprint density at radius 1 is 0.551 bits per heavy atom. The number of halogens is 3. The zero-order chi connectivity index (χ0) is 63.0. The summed E-state index contributed by atoms with van der Waals surface area (Å²) in [5, 5.41) is 17.3. The first-order valence-corrected chi connectivity index (χ1v) is 30.2. The third-order valence-electron chi connectivity index (χ3n) is 14.5. The Bertz CT molecular complexity index is 3550. The number of benzene rings is 3.